The van der Waals surface area contributed by atoms with E-state index in [4.69, 9.17) is 4.74 Å². The summed E-state index contributed by atoms with van der Waals surface area (Å²) in [6.45, 7) is 4.27. The summed E-state index contributed by atoms with van der Waals surface area (Å²) in [4.78, 5) is 11.9. The molecule has 2 aromatic carbocycles. The van der Waals surface area contributed by atoms with Crippen LogP contribution >= 0.6 is 0 Å². The van der Waals surface area contributed by atoms with E-state index in [1.807, 2.05) is 6.92 Å². The van der Waals surface area contributed by atoms with Gasteiger partial charge in [0.15, 0.2) is 6.17 Å². The summed E-state index contributed by atoms with van der Waals surface area (Å²) >= 11 is 0. The Balaban J connectivity index is 1.36. The lowest BCUT2D eigenvalue weighted by molar-refractivity contribution is -0.157. The van der Waals surface area contributed by atoms with Crippen molar-refractivity contribution in [3.8, 4) is 11.1 Å². The third-order valence-corrected chi connectivity index (χ3v) is 7.79. The van der Waals surface area contributed by atoms with E-state index < -0.39 is 12.1 Å². The Morgan fingerprint density at radius 2 is 1.33 bits per heavy atom. The highest BCUT2D eigenvalue weighted by atomic mass is 19.1. The van der Waals surface area contributed by atoms with Crippen molar-refractivity contribution in [2.75, 3.05) is 0 Å². The Kier molecular flexibility index (Phi) is 12.5. The lowest BCUT2D eigenvalue weighted by Gasteiger charge is -2.28. The van der Waals surface area contributed by atoms with Gasteiger partial charge in [0.2, 0.25) is 0 Å². The molecule has 2 nitrogen and oxygen atoms in total. The zero-order chi connectivity index (χ0) is 25.6. The number of carbonyl (C=O) groups is 1. The van der Waals surface area contributed by atoms with Gasteiger partial charge in [-0.05, 0) is 86.0 Å². The maximum atomic E-state index is 13.9. The molecule has 1 saturated carbocycles. The zero-order valence-corrected chi connectivity index (χ0v) is 22.7. The number of esters is 1. The van der Waals surface area contributed by atoms with Crippen molar-refractivity contribution in [1.29, 1.82) is 0 Å². The van der Waals surface area contributed by atoms with Gasteiger partial charge in [-0.15, -0.1) is 0 Å². The van der Waals surface area contributed by atoms with Gasteiger partial charge >= 0.3 is 5.97 Å². The number of rotatable bonds is 15. The molecule has 0 bridgehead atoms. The summed E-state index contributed by atoms with van der Waals surface area (Å²) in [6, 6.07) is 18.1. The second-order valence-corrected chi connectivity index (χ2v) is 10.8. The summed E-state index contributed by atoms with van der Waals surface area (Å²) in [5.41, 5.74) is 5.39. The molecule has 2 aromatic rings. The largest absolute Gasteiger partial charge is 0.460 e. The maximum absolute atomic E-state index is 13.9. The highest BCUT2D eigenvalue weighted by molar-refractivity contribution is 5.74. The van der Waals surface area contributed by atoms with E-state index >= 15 is 0 Å². The summed E-state index contributed by atoms with van der Waals surface area (Å²) in [6.07, 6.45) is 14.3. The third-order valence-electron chi connectivity index (χ3n) is 7.79. The number of hydrogen-bond donors (Lipinski definition) is 0. The van der Waals surface area contributed by atoms with Crippen molar-refractivity contribution >= 4 is 5.97 Å². The molecule has 0 unspecified atom stereocenters. The first-order chi connectivity index (χ1) is 17.6. The standard InChI is InChI=1S/C33H47FO2/c1-3-5-7-8-9-10-26-14-20-29(21-15-26)30-22-16-27(17-23-30)12-13-28-18-24-31(25-19-28)36-33(35)32(34)11-6-4-2/h14-17,20-23,28,31-32H,3-13,18-19,24-25H2,1-2H3/t28-,31-,32-/m0/s1. The molecule has 0 N–H and O–H groups in total. The van der Waals surface area contributed by atoms with Gasteiger partial charge in [-0.3, -0.25) is 0 Å². The molecule has 1 atom stereocenters. The Hall–Kier alpha value is -2.16. The number of carbonyl (C=O) groups excluding carboxylic acids is 1. The van der Waals surface area contributed by atoms with Crippen LogP contribution in [-0.2, 0) is 22.4 Å². The molecule has 0 aromatic heterocycles. The van der Waals surface area contributed by atoms with Gasteiger partial charge in [0.25, 0.3) is 0 Å². The molecular formula is C33H47FO2. The number of ether oxygens (including phenoxy) is 1. The summed E-state index contributed by atoms with van der Waals surface area (Å²) < 4.78 is 19.3. The van der Waals surface area contributed by atoms with Crippen molar-refractivity contribution < 1.29 is 13.9 Å². The van der Waals surface area contributed by atoms with Crippen molar-refractivity contribution in [2.24, 2.45) is 5.92 Å². The van der Waals surface area contributed by atoms with E-state index in [2.05, 4.69) is 55.5 Å². The fourth-order valence-corrected chi connectivity index (χ4v) is 5.31. The van der Waals surface area contributed by atoms with Gasteiger partial charge in [0, 0.05) is 0 Å². The number of aryl methyl sites for hydroxylation is 2. The number of alkyl halides is 1. The van der Waals surface area contributed by atoms with Gasteiger partial charge in [0.05, 0.1) is 0 Å². The first kappa shape index (κ1) is 28.4. The first-order valence-corrected chi connectivity index (χ1v) is 14.6. The van der Waals surface area contributed by atoms with E-state index in [-0.39, 0.29) is 12.5 Å². The second kappa shape index (κ2) is 15.8. The van der Waals surface area contributed by atoms with Crippen LogP contribution in [0.2, 0.25) is 0 Å². The van der Waals surface area contributed by atoms with Crippen LogP contribution in [0.25, 0.3) is 11.1 Å². The fraction of sp³-hybridized carbons (Fsp3) is 0.606. The molecule has 0 amide bonds. The Morgan fingerprint density at radius 1 is 0.778 bits per heavy atom. The highest BCUT2D eigenvalue weighted by Crippen LogP contribution is 2.30. The molecule has 0 saturated heterocycles. The zero-order valence-electron chi connectivity index (χ0n) is 22.7. The van der Waals surface area contributed by atoms with Crippen LogP contribution in [0.15, 0.2) is 48.5 Å². The minimum atomic E-state index is -1.45. The summed E-state index contributed by atoms with van der Waals surface area (Å²) in [5, 5.41) is 0. The molecule has 3 heteroatoms. The number of benzene rings is 2. The van der Waals surface area contributed by atoms with E-state index in [1.54, 1.807) is 0 Å². The molecule has 0 spiro atoms. The molecule has 0 radical (unpaired) electrons. The van der Waals surface area contributed by atoms with Crippen LogP contribution < -0.4 is 0 Å². The van der Waals surface area contributed by atoms with E-state index in [0.29, 0.717) is 5.92 Å². The quantitative estimate of drug-likeness (QED) is 0.182. The minimum Gasteiger partial charge on any atom is -0.460 e. The molecule has 1 fully saturated rings. The van der Waals surface area contributed by atoms with E-state index in [9.17, 15) is 9.18 Å². The number of hydrogen-bond acceptors (Lipinski definition) is 2. The number of unbranched alkanes of at least 4 members (excludes halogenated alkanes) is 5. The topological polar surface area (TPSA) is 26.3 Å². The minimum absolute atomic E-state index is 0.0969. The Labute approximate surface area is 219 Å². The second-order valence-electron chi connectivity index (χ2n) is 10.8. The predicted octanol–water partition coefficient (Wildman–Crippen LogP) is 9.43. The van der Waals surface area contributed by atoms with E-state index in [0.717, 1.165) is 51.4 Å². The fourth-order valence-electron chi connectivity index (χ4n) is 5.31. The van der Waals surface area contributed by atoms with Crippen LogP contribution in [0.5, 0.6) is 0 Å². The van der Waals surface area contributed by atoms with Crippen LogP contribution in [0.3, 0.4) is 0 Å². The highest BCUT2D eigenvalue weighted by Gasteiger charge is 2.27. The van der Waals surface area contributed by atoms with Gasteiger partial charge < -0.3 is 4.74 Å². The van der Waals surface area contributed by atoms with Gasteiger partial charge in [-0.1, -0.05) is 101 Å². The Bertz CT molecular complexity index is 866. The van der Waals surface area contributed by atoms with Crippen LogP contribution in [0.4, 0.5) is 4.39 Å². The number of halogens is 1. The van der Waals surface area contributed by atoms with E-state index in [1.165, 1.54) is 60.8 Å². The Morgan fingerprint density at radius 3 is 1.92 bits per heavy atom. The molecule has 1 aliphatic rings. The molecule has 3 rings (SSSR count). The average molecular weight is 495 g/mol. The molecule has 0 aliphatic heterocycles. The monoisotopic (exact) mass is 494 g/mol. The van der Waals surface area contributed by atoms with Crippen LogP contribution in [0, 0.1) is 5.92 Å². The third kappa shape index (κ3) is 9.71. The van der Waals surface area contributed by atoms with Crippen molar-refractivity contribution in [2.45, 2.75) is 122 Å². The molecule has 1 aliphatic carbocycles. The lowest BCUT2D eigenvalue weighted by atomic mass is 9.83. The van der Waals surface area contributed by atoms with Crippen molar-refractivity contribution in [3.63, 3.8) is 0 Å². The molecule has 36 heavy (non-hydrogen) atoms. The van der Waals surface area contributed by atoms with Crippen molar-refractivity contribution in [3.05, 3.63) is 59.7 Å². The predicted molar refractivity (Wildman–Crippen MR) is 149 cm³/mol. The summed E-state index contributed by atoms with van der Waals surface area (Å²) in [5.74, 6) is 0.0134. The maximum Gasteiger partial charge on any atom is 0.340 e. The van der Waals surface area contributed by atoms with Crippen LogP contribution in [0.1, 0.15) is 108 Å². The average Bonchev–Trinajstić information content (AvgIpc) is 2.92. The molecule has 198 valence electrons. The van der Waals surface area contributed by atoms with Gasteiger partial charge in [-0.25, -0.2) is 9.18 Å². The smallest absolute Gasteiger partial charge is 0.340 e. The molecular weight excluding hydrogens is 447 g/mol. The SMILES string of the molecule is CCCCCCCc1ccc(-c2ccc(CC[C@H]3CC[C@H](OC(=O)[C@@H](F)CCCC)CC3)cc2)cc1. The van der Waals surface area contributed by atoms with Crippen LogP contribution in [-0.4, -0.2) is 18.2 Å². The van der Waals surface area contributed by atoms with Gasteiger partial charge in [0.1, 0.15) is 6.10 Å². The van der Waals surface area contributed by atoms with Crippen molar-refractivity contribution in [1.82, 2.24) is 0 Å². The normalized spacial score (nSPS) is 18.6. The summed E-state index contributed by atoms with van der Waals surface area (Å²) in [7, 11) is 0. The van der Waals surface area contributed by atoms with Gasteiger partial charge in [-0.2, -0.15) is 0 Å². The molecule has 0 heterocycles. The lowest BCUT2D eigenvalue weighted by Crippen LogP contribution is -2.29. The first-order valence-electron chi connectivity index (χ1n) is 14.6.